The number of fused-ring (bicyclic) bond motifs is 1. The third-order valence-electron chi connectivity index (χ3n) is 4.82. The zero-order valence-electron chi connectivity index (χ0n) is 16.8. The molecule has 0 spiro atoms. The Morgan fingerprint density at radius 3 is 2.69 bits per heavy atom. The standard InChI is InChI=1S/C23H26N2O4/c1-3-4-5-6-9-15-12-16-13-17(22(24)27)23(29-21(16)14-19(15)26)25-18-10-7-8-11-20(18)28-2/h7-8,10-14,26H,3-6,9H2,1-2H3,(H2,24,27)/b25-23-. The summed E-state index contributed by atoms with van der Waals surface area (Å²) in [5.74, 6) is 0.0816. The van der Waals surface area contributed by atoms with Crippen molar-refractivity contribution in [1.29, 1.82) is 0 Å². The second kappa shape index (κ2) is 9.28. The van der Waals surface area contributed by atoms with E-state index in [9.17, 15) is 9.90 Å². The smallest absolute Gasteiger partial charge is 0.254 e. The monoisotopic (exact) mass is 394 g/mol. The summed E-state index contributed by atoms with van der Waals surface area (Å²) in [6.07, 6.45) is 5.20. The second-order valence-electron chi connectivity index (χ2n) is 6.94. The fraction of sp³-hybridized carbons (Fsp3) is 0.304. The van der Waals surface area contributed by atoms with Gasteiger partial charge in [-0.3, -0.25) is 4.79 Å². The van der Waals surface area contributed by atoms with E-state index in [2.05, 4.69) is 11.9 Å². The topological polar surface area (TPSA) is 98.1 Å². The van der Waals surface area contributed by atoms with Crippen molar-refractivity contribution >= 4 is 22.6 Å². The first kappa shape index (κ1) is 20.5. The van der Waals surface area contributed by atoms with E-state index in [0.717, 1.165) is 31.2 Å². The highest BCUT2D eigenvalue weighted by Gasteiger charge is 2.13. The van der Waals surface area contributed by atoms with Crippen molar-refractivity contribution in [3.05, 3.63) is 59.1 Å². The zero-order chi connectivity index (χ0) is 20.8. The number of amides is 1. The number of nitrogens with two attached hydrogens (primary N) is 1. The zero-order valence-corrected chi connectivity index (χ0v) is 16.8. The van der Waals surface area contributed by atoms with Gasteiger partial charge in [-0.1, -0.05) is 38.3 Å². The first-order valence-corrected chi connectivity index (χ1v) is 9.80. The summed E-state index contributed by atoms with van der Waals surface area (Å²) < 4.78 is 11.2. The van der Waals surface area contributed by atoms with Gasteiger partial charge in [0.05, 0.1) is 7.11 Å². The predicted molar refractivity (Wildman–Crippen MR) is 112 cm³/mol. The third kappa shape index (κ3) is 4.77. The van der Waals surface area contributed by atoms with Gasteiger partial charge in [-0.05, 0) is 42.7 Å². The summed E-state index contributed by atoms with van der Waals surface area (Å²) in [6.45, 7) is 2.16. The van der Waals surface area contributed by atoms with Gasteiger partial charge in [-0.25, -0.2) is 4.99 Å². The maximum atomic E-state index is 12.0. The lowest BCUT2D eigenvalue weighted by Gasteiger charge is -2.08. The van der Waals surface area contributed by atoms with Crippen LogP contribution in [0.2, 0.25) is 0 Å². The lowest BCUT2D eigenvalue weighted by atomic mass is 10.0. The maximum Gasteiger partial charge on any atom is 0.254 e. The van der Waals surface area contributed by atoms with E-state index in [1.165, 1.54) is 6.42 Å². The van der Waals surface area contributed by atoms with Crippen molar-refractivity contribution in [2.24, 2.45) is 10.7 Å². The van der Waals surface area contributed by atoms with Crippen molar-refractivity contribution in [3.8, 4) is 11.5 Å². The number of carbonyl (C=O) groups excluding carboxylic acids is 1. The average molecular weight is 394 g/mol. The van der Waals surface area contributed by atoms with Crippen LogP contribution in [0.25, 0.3) is 11.0 Å². The molecule has 152 valence electrons. The highest BCUT2D eigenvalue weighted by molar-refractivity contribution is 5.95. The summed E-state index contributed by atoms with van der Waals surface area (Å²) >= 11 is 0. The van der Waals surface area contributed by atoms with Crippen LogP contribution >= 0.6 is 0 Å². The molecule has 0 fully saturated rings. The summed E-state index contributed by atoms with van der Waals surface area (Å²) in [4.78, 5) is 16.5. The SMILES string of the molecule is CCCCCCc1cc2cc(C(N)=O)/c(=N/c3ccccc3OC)oc2cc1O. The Morgan fingerprint density at radius 1 is 1.17 bits per heavy atom. The van der Waals surface area contributed by atoms with Crippen molar-refractivity contribution in [2.45, 2.75) is 39.0 Å². The molecule has 1 amide bonds. The minimum Gasteiger partial charge on any atom is -0.508 e. The normalized spacial score (nSPS) is 11.7. The van der Waals surface area contributed by atoms with Crippen LogP contribution in [-0.2, 0) is 6.42 Å². The van der Waals surface area contributed by atoms with Crippen molar-refractivity contribution in [2.75, 3.05) is 7.11 Å². The highest BCUT2D eigenvalue weighted by atomic mass is 16.5. The number of phenols is 1. The molecule has 0 bridgehead atoms. The van der Waals surface area contributed by atoms with Crippen LogP contribution in [0, 0.1) is 0 Å². The molecule has 0 atom stereocenters. The molecule has 0 aliphatic heterocycles. The number of carbonyl (C=O) groups is 1. The van der Waals surface area contributed by atoms with Crippen molar-refractivity contribution in [3.63, 3.8) is 0 Å². The van der Waals surface area contributed by atoms with Crippen LogP contribution in [0.15, 0.2) is 51.9 Å². The minimum absolute atomic E-state index is 0.0737. The van der Waals surface area contributed by atoms with Crippen LogP contribution in [0.5, 0.6) is 11.5 Å². The number of ether oxygens (including phenoxy) is 1. The van der Waals surface area contributed by atoms with Gasteiger partial charge in [-0.2, -0.15) is 0 Å². The molecular weight excluding hydrogens is 368 g/mol. The molecule has 0 aliphatic rings. The van der Waals surface area contributed by atoms with E-state index in [-0.39, 0.29) is 16.9 Å². The lowest BCUT2D eigenvalue weighted by Crippen LogP contribution is -2.21. The van der Waals surface area contributed by atoms with Gasteiger partial charge in [0.25, 0.3) is 5.91 Å². The molecule has 6 nitrogen and oxygen atoms in total. The number of unbranched alkanes of at least 4 members (excludes halogenated alkanes) is 3. The van der Waals surface area contributed by atoms with Gasteiger partial charge in [0.2, 0.25) is 5.55 Å². The Labute approximate surface area is 169 Å². The molecule has 1 aromatic heterocycles. The Hall–Kier alpha value is -3.28. The van der Waals surface area contributed by atoms with Crippen molar-refractivity contribution in [1.82, 2.24) is 0 Å². The number of aromatic hydroxyl groups is 1. The van der Waals surface area contributed by atoms with Gasteiger partial charge in [0.1, 0.15) is 28.3 Å². The summed E-state index contributed by atoms with van der Waals surface area (Å²) in [5.41, 5.74) is 7.59. The minimum atomic E-state index is -0.637. The van der Waals surface area contributed by atoms with Crippen LogP contribution < -0.4 is 16.0 Å². The fourth-order valence-corrected chi connectivity index (χ4v) is 3.24. The average Bonchev–Trinajstić information content (AvgIpc) is 2.71. The molecule has 0 radical (unpaired) electrons. The summed E-state index contributed by atoms with van der Waals surface area (Å²) in [5, 5.41) is 11.1. The molecule has 2 aromatic carbocycles. The van der Waals surface area contributed by atoms with Gasteiger partial charge in [0.15, 0.2) is 0 Å². The molecule has 6 heteroatoms. The Balaban J connectivity index is 2.09. The molecule has 0 aliphatic carbocycles. The predicted octanol–water partition coefficient (Wildman–Crippen LogP) is 4.60. The number of primary amides is 1. The number of nitrogens with zero attached hydrogens (tertiary/aromatic N) is 1. The molecular formula is C23H26N2O4. The van der Waals surface area contributed by atoms with E-state index >= 15 is 0 Å². The van der Waals surface area contributed by atoms with E-state index in [1.807, 2.05) is 18.2 Å². The Morgan fingerprint density at radius 2 is 1.97 bits per heavy atom. The number of benzene rings is 2. The number of phenolic OH excluding ortho intramolecular Hbond substituents is 1. The Bertz CT molecular complexity index is 1090. The number of methoxy groups -OCH3 is 1. The Kier molecular flexibility index (Phi) is 6.54. The molecule has 3 rings (SSSR count). The summed E-state index contributed by atoms with van der Waals surface area (Å²) in [7, 11) is 1.54. The number of aryl methyl sites for hydroxylation is 1. The third-order valence-corrected chi connectivity index (χ3v) is 4.82. The van der Waals surface area contributed by atoms with Gasteiger partial charge in [0, 0.05) is 11.5 Å². The maximum absolute atomic E-state index is 12.0. The largest absolute Gasteiger partial charge is 0.508 e. The number of hydrogen-bond acceptors (Lipinski definition) is 5. The van der Waals surface area contributed by atoms with Gasteiger partial charge < -0.3 is 20.0 Å². The van der Waals surface area contributed by atoms with E-state index in [4.69, 9.17) is 14.9 Å². The van der Waals surface area contributed by atoms with Crippen LogP contribution in [0.1, 0.15) is 48.5 Å². The molecule has 3 aromatic rings. The molecule has 0 saturated carbocycles. The van der Waals surface area contributed by atoms with Crippen LogP contribution in [0.4, 0.5) is 5.69 Å². The van der Waals surface area contributed by atoms with Crippen LogP contribution in [-0.4, -0.2) is 18.1 Å². The van der Waals surface area contributed by atoms with Gasteiger partial charge in [-0.15, -0.1) is 0 Å². The van der Waals surface area contributed by atoms with E-state index < -0.39 is 5.91 Å². The molecule has 1 heterocycles. The second-order valence-corrected chi connectivity index (χ2v) is 6.94. The summed E-state index contributed by atoms with van der Waals surface area (Å²) in [6, 6.07) is 12.2. The quantitative estimate of drug-likeness (QED) is 0.546. The molecule has 29 heavy (non-hydrogen) atoms. The van der Waals surface area contributed by atoms with Crippen molar-refractivity contribution < 1.29 is 19.1 Å². The lowest BCUT2D eigenvalue weighted by molar-refractivity contribution is 0.0996. The van der Waals surface area contributed by atoms with E-state index in [0.29, 0.717) is 22.4 Å². The van der Waals surface area contributed by atoms with E-state index in [1.54, 1.807) is 31.4 Å². The number of hydrogen-bond donors (Lipinski definition) is 2. The fourth-order valence-electron chi connectivity index (χ4n) is 3.24. The van der Waals surface area contributed by atoms with Gasteiger partial charge >= 0.3 is 0 Å². The highest BCUT2D eigenvalue weighted by Crippen LogP contribution is 2.28. The first-order valence-electron chi connectivity index (χ1n) is 9.80. The first-order chi connectivity index (χ1) is 14.0. The van der Waals surface area contributed by atoms with Crippen LogP contribution in [0.3, 0.4) is 0 Å². The molecule has 0 unspecified atom stereocenters. The number of para-hydroxylation sites is 2. The molecule has 3 N–H and O–H groups in total. The number of rotatable bonds is 8. The molecule has 0 saturated heterocycles.